The minimum Gasteiger partial charge on any atom is -0.468 e. The molecule has 0 saturated carbocycles. The van der Waals surface area contributed by atoms with Crippen LogP contribution < -0.4 is 0 Å². The highest BCUT2D eigenvalue weighted by Gasteiger charge is 2.17. The van der Waals surface area contributed by atoms with Crippen LogP contribution in [-0.2, 0) is 20.8 Å². The van der Waals surface area contributed by atoms with Crippen LogP contribution in [0.3, 0.4) is 0 Å². The van der Waals surface area contributed by atoms with Gasteiger partial charge in [-0.2, -0.15) is 0 Å². The third-order valence-corrected chi connectivity index (χ3v) is 2.19. The monoisotopic (exact) mass is 241 g/mol. The Morgan fingerprint density at radius 1 is 1.35 bits per heavy atom. The number of carbonyl (C=O) groups excluding carboxylic acids is 2. The Labute approximate surface area is 99.1 Å². The number of hydrogen-bond acceptors (Lipinski definition) is 6. The topological polar surface area (TPSA) is 69.0 Å². The lowest BCUT2D eigenvalue weighted by atomic mass is 10.2. The molecular formula is C11H15NO5. The molecule has 0 unspecified atom stereocenters. The number of hydrogen-bond donors (Lipinski definition) is 0. The van der Waals surface area contributed by atoms with Crippen molar-refractivity contribution in [2.45, 2.75) is 6.54 Å². The van der Waals surface area contributed by atoms with Gasteiger partial charge in [0.2, 0.25) is 0 Å². The molecule has 1 aromatic rings. The third-order valence-electron chi connectivity index (χ3n) is 2.19. The van der Waals surface area contributed by atoms with Gasteiger partial charge in [-0.15, -0.1) is 0 Å². The maximum atomic E-state index is 11.4. The summed E-state index contributed by atoms with van der Waals surface area (Å²) < 4.78 is 14.3. The lowest BCUT2D eigenvalue weighted by Gasteiger charge is -2.13. The fraction of sp³-hybridized carbons (Fsp3) is 0.455. The van der Waals surface area contributed by atoms with Crippen LogP contribution in [0.2, 0.25) is 0 Å². The normalized spacial score (nSPS) is 10.4. The van der Waals surface area contributed by atoms with Crippen LogP contribution in [0.15, 0.2) is 16.7 Å². The summed E-state index contributed by atoms with van der Waals surface area (Å²) >= 11 is 0. The predicted octanol–water partition coefficient (Wildman–Crippen LogP) is 0.671. The van der Waals surface area contributed by atoms with Crippen molar-refractivity contribution in [1.82, 2.24) is 4.90 Å². The number of methoxy groups -OCH3 is 2. The van der Waals surface area contributed by atoms with E-state index in [0.717, 1.165) is 0 Å². The molecular weight excluding hydrogens is 226 g/mol. The van der Waals surface area contributed by atoms with Gasteiger partial charge < -0.3 is 13.9 Å². The summed E-state index contributed by atoms with van der Waals surface area (Å²) in [7, 11) is 4.35. The number of esters is 2. The molecule has 17 heavy (non-hydrogen) atoms. The Morgan fingerprint density at radius 2 is 2.06 bits per heavy atom. The van der Waals surface area contributed by atoms with Crippen molar-refractivity contribution < 1.29 is 23.5 Å². The zero-order valence-corrected chi connectivity index (χ0v) is 10.1. The van der Waals surface area contributed by atoms with Gasteiger partial charge in [-0.25, -0.2) is 4.79 Å². The molecule has 94 valence electrons. The highest BCUT2D eigenvalue weighted by atomic mass is 16.5. The zero-order valence-electron chi connectivity index (χ0n) is 10.1. The number of furan rings is 1. The molecule has 1 rings (SSSR count). The standard InChI is InChI=1S/C11H15NO5/c1-12(7-10(13)15-2)6-9-8(4-5-17-9)11(14)16-3/h4-5H,6-7H2,1-3H3. The van der Waals surface area contributed by atoms with Crippen LogP contribution in [0.25, 0.3) is 0 Å². The minimum atomic E-state index is -0.458. The Morgan fingerprint density at radius 3 is 2.65 bits per heavy atom. The van der Waals surface area contributed by atoms with E-state index in [-0.39, 0.29) is 12.5 Å². The predicted molar refractivity (Wildman–Crippen MR) is 58.4 cm³/mol. The average Bonchev–Trinajstić information content (AvgIpc) is 2.75. The summed E-state index contributed by atoms with van der Waals surface area (Å²) in [5.41, 5.74) is 0.365. The van der Waals surface area contributed by atoms with Gasteiger partial charge in [-0.3, -0.25) is 9.69 Å². The van der Waals surface area contributed by atoms with Crippen LogP contribution >= 0.6 is 0 Å². The van der Waals surface area contributed by atoms with Gasteiger partial charge in [-0.05, 0) is 13.1 Å². The molecule has 1 aromatic heterocycles. The molecule has 0 amide bonds. The van der Waals surface area contributed by atoms with E-state index in [4.69, 9.17) is 4.42 Å². The van der Waals surface area contributed by atoms with Gasteiger partial charge in [0.25, 0.3) is 0 Å². The molecule has 0 spiro atoms. The smallest absolute Gasteiger partial charge is 0.341 e. The molecule has 0 atom stereocenters. The van der Waals surface area contributed by atoms with Gasteiger partial charge in [0.15, 0.2) is 0 Å². The van der Waals surface area contributed by atoms with Crippen molar-refractivity contribution in [3.05, 3.63) is 23.7 Å². The van der Waals surface area contributed by atoms with Gasteiger partial charge >= 0.3 is 11.9 Å². The van der Waals surface area contributed by atoms with Crippen LogP contribution in [0.4, 0.5) is 0 Å². The molecule has 0 aromatic carbocycles. The van der Waals surface area contributed by atoms with E-state index in [1.165, 1.54) is 26.5 Å². The van der Waals surface area contributed by atoms with Crippen molar-refractivity contribution >= 4 is 11.9 Å². The lowest BCUT2D eigenvalue weighted by Crippen LogP contribution is -2.26. The van der Waals surface area contributed by atoms with Gasteiger partial charge in [0.05, 0.1) is 33.6 Å². The summed E-state index contributed by atoms with van der Waals surface area (Å²) in [6.45, 7) is 0.449. The van der Waals surface area contributed by atoms with Crippen molar-refractivity contribution in [3.8, 4) is 0 Å². The van der Waals surface area contributed by atoms with Crippen molar-refractivity contribution in [1.29, 1.82) is 0 Å². The molecule has 0 fully saturated rings. The van der Waals surface area contributed by atoms with E-state index in [9.17, 15) is 9.59 Å². The van der Waals surface area contributed by atoms with E-state index < -0.39 is 5.97 Å². The first-order valence-electron chi connectivity index (χ1n) is 4.98. The summed E-state index contributed by atoms with van der Waals surface area (Å²) in [5.74, 6) is -0.345. The summed E-state index contributed by atoms with van der Waals surface area (Å²) in [5, 5.41) is 0. The largest absolute Gasteiger partial charge is 0.468 e. The summed E-state index contributed by atoms with van der Waals surface area (Å²) in [6, 6.07) is 1.53. The summed E-state index contributed by atoms with van der Waals surface area (Å²) in [4.78, 5) is 24.1. The molecule has 0 aliphatic carbocycles. The highest BCUT2D eigenvalue weighted by Crippen LogP contribution is 2.13. The van der Waals surface area contributed by atoms with Gasteiger partial charge in [0, 0.05) is 0 Å². The Bertz CT molecular complexity index is 398. The van der Waals surface area contributed by atoms with Crippen LogP contribution in [0.1, 0.15) is 16.1 Å². The van der Waals surface area contributed by atoms with Crippen molar-refractivity contribution in [2.75, 3.05) is 27.8 Å². The molecule has 6 nitrogen and oxygen atoms in total. The van der Waals surface area contributed by atoms with Crippen LogP contribution in [-0.4, -0.2) is 44.7 Å². The fourth-order valence-corrected chi connectivity index (χ4v) is 1.34. The summed E-state index contributed by atoms with van der Waals surface area (Å²) in [6.07, 6.45) is 1.41. The maximum absolute atomic E-state index is 11.4. The lowest BCUT2D eigenvalue weighted by molar-refractivity contribution is -0.141. The molecule has 0 aliphatic heterocycles. The second kappa shape index (κ2) is 6.05. The van der Waals surface area contributed by atoms with E-state index in [1.807, 2.05) is 0 Å². The van der Waals surface area contributed by atoms with Crippen LogP contribution in [0.5, 0.6) is 0 Å². The highest BCUT2D eigenvalue weighted by molar-refractivity contribution is 5.90. The molecule has 0 aliphatic rings. The maximum Gasteiger partial charge on any atom is 0.341 e. The van der Waals surface area contributed by atoms with Crippen molar-refractivity contribution in [2.24, 2.45) is 0 Å². The molecule has 0 radical (unpaired) electrons. The van der Waals surface area contributed by atoms with Gasteiger partial charge in [-0.1, -0.05) is 0 Å². The van der Waals surface area contributed by atoms with Gasteiger partial charge in [0.1, 0.15) is 11.3 Å². The van der Waals surface area contributed by atoms with Crippen molar-refractivity contribution in [3.63, 3.8) is 0 Å². The average molecular weight is 241 g/mol. The fourth-order valence-electron chi connectivity index (χ4n) is 1.34. The first-order chi connectivity index (χ1) is 8.08. The second-order valence-electron chi connectivity index (χ2n) is 3.50. The van der Waals surface area contributed by atoms with Crippen LogP contribution in [0, 0.1) is 0 Å². The van der Waals surface area contributed by atoms with E-state index in [0.29, 0.717) is 17.9 Å². The quantitative estimate of drug-likeness (QED) is 0.706. The number of carbonyl (C=O) groups is 2. The Hall–Kier alpha value is -1.82. The number of nitrogens with zero attached hydrogens (tertiary/aromatic N) is 1. The second-order valence-corrected chi connectivity index (χ2v) is 3.50. The molecule has 6 heteroatoms. The first-order valence-corrected chi connectivity index (χ1v) is 4.98. The first kappa shape index (κ1) is 13.2. The molecule has 0 N–H and O–H groups in total. The number of ether oxygens (including phenoxy) is 2. The van der Waals surface area contributed by atoms with E-state index in [2.05, 4.69) is 9.47 Å². The number of rotatable bonds is 5. The Balaban J connectivity index is 2.65. The van der Waals surface area contributed by atoms with E-state index in [1.54, 1.807) is 11.9 Å². The molecule has 0 bridgehead atoms. The number of likely N-dealkylation sites (N-methyl/N-ethyl adjacent to an activating group) is 1. The third kappa shape index (κ3) is 3.60. The Kier molecular flexibility index (Phi) is 4.71. The minimum absolute atomic E-state index is 0.123. The molecule has 0 saturated heterocycles. The SMILES string of the molecule is COC(=O)CN(C)Cc1occc1C(=O)OC. The van der Waals surface area contributed by atoms with E-state index >= 15 is 0 Å². The zero-order chi connectivity index (χ0) is 12.8. The molecule has 1 heterocycles.